The molecule has 2 aliphatic rings. The average Bonchev–Trinajstić information content (AvgIpc) is 3.28. The van der Waals surface area contributed by atoms with Crippen LogP contribution in [0.5, 0.6) is 0 Å². The molecule has 1 aromatic carbocycles. The van der Waals surface area contributed by atoms with Crippen LogP contribution < -0.4 is 0 Å². The Hall–Kier alpha value is -2.60. The van der Waals surface area contributed by atoms with Gasteiger partial charge in [0.15, 0.2) is 0 Å². The molecule has 2 saturated heterocycles. The zero-order valence-corrected chi connectivity index (χ0v) is 15.9. The highest BCUT2D eigenvalue weighted by atomic mass is 16.3. The number of hydrogen-bond donors (Lipinski definition) is 0. The number of benzene rings is 1. The summed E-state index contributed by atoms with van der Waals surface area (Å²) in [6.07, 6.45) is 3.05. The zero-order chi connectivity index (χ0) is 19.0. The zero-order valence-electron chi connectivity index (χ0n) is 15.9. The van der Waals surface area contributed by atoms with Gasteiger partial charge in [0.25, 0.3) is 5.91 Å². The monoisotopic (exact) mass is 367 g/mol. The van der Waals surface area contributed by atoms with Crippen LogP contribution in [0.2, 0.25) is 0 Å². The van der Waals surface area contributed by atoms with Crippen molar-refractivity contribution in [3.05, 3.63) is 48.2 Å². The summed E-state index contributed by atoms with van der Waals surface area (Å²) >= 11 is 0. The topological polar surface area (TPSA) is 57.0 Å². The third kappa shape index (κ3) is 2.84. The van der Waals surface area contributed by atoms with Crippen molar-refractivity contribution < 1.29 is 14.0 Å². The lowest BCUT2D eigenvalue weighted by Crippen LogP contribution is -2.56. The van der Waals surface area contributed by atoms with Gasteiger partial charge in [0.2, 0.25) is 0 Å². The molecule has 0 atom stereocenters. The van der Waals surface area contributed by atoms with Crippen molar-refractivity contribution in [1.82, 2.24) is 14.7 Å². The van der Waals surface area contributed by atoms with Crippen molar-refractivity contribution in [3.8, 4) is 11.3 Å². The lowest BCUT2D eigenvalue weighted by atomic mass is 9.85. The standard InChI is InChI=1S/C21H25N3O3/c1-3-24-20(26)22(2)19(25)21(24)10-12-23(13-11-21)15-16-7-4-5-8-17(16)18-9-6-14-27-18/h4-9,14H,3,10-13,15H2,1-2H3. The minimum absolute atomic E-state index is 0.0509. The van der Waals surface area contributed by atoms with Gasteiger partial charge >= 0.3 is 6.03 Å². The summed E-state index contributed by atoms with van der Waals surface area (Å²) < 4.78 is 5.58. The van der Waals surface area contributed by atoms with E-state index in [2.05, 4.69) is 17.0 Å². The molecule has 3 heterocycles. The van der Waals surface area contributed by atoms with Crippen LogP contribution in [-0.4, -0.2) is 58.9 Å². The highest BCUT2D eigenvalue weighted by molar-refractivity contribution is 6.06. The Morgan fingerprint density at radius 3 is 2.48 bits per heavy atom. The van der Waals surface area contributed by atoms with Crippen LogP contribution in [0.25, 0.3) is 11.3 Å². The van der Waals surface area contributed by atoms with Crippen LogP contribution in [0.4, 0.5) is 4.79 Å². The van der Waals surface area contributed by atoms with Gasteiger partial charge < -0.3 is 9.32 Å². The molecule has 6 nitrogen and oxygen atoms in total. The van der Waals surface area contributed by atoms with Crippen LogP contribution in [0, 0.1) is 0 Å². The normalized spacial score (nSPS) is 20.1. The molecule has 4 rings (SSSR count). The molecule has 27 heavy (non-hydrogen) atoms. The number of rotatable bonds is 4. The fourth-order valence-corrected chi connectivity index (χ4v) is 4.45. The predicted molar refractivity (Wildman–Crippen MR) is 102 cm³/mol. The van der Waals surface area contributed by atoms with E-state index in [1.165, 1.54) is 10.5 Å². The van der Waals surface area contributed by atoms with Gasteiger partial charge in [-0.05, 0) is 37.5 Å². The number of carbonyl (C=O) groups excluding carboxylic acids is 2. The van der Waals surface area contributed by atoms with Gasteiger partial charge in [0.1, 0.15) is 11.3 Å². The summed E-state index contributed by atoms with van der Waals surface area (Å²) in [6.45, 7) is 4.89. The smallest absolute Gasteiger partial charge is 0.327 e. The van der Waals surface area contributed by atoms with Crippen LogP contribution in [0.3, 0.4) is 0 Å². The fourth-order valence-electron chi connectivity index (χ4n) is 4.45. The molecule has 2 aliphatic heterocycles. The van der Waals surface area contributed by atoms with E-state index in [9.17, 15) is 9.59 Å². The van der Waals surface area contributed by atoms with E-state index >= 15 is 0 Å². The Balaban J connectivity index is 1.50. The number of hydrogen-bond acceptors (Lipinski definition) is 4. The summed E-state index contributed by atoms with van der Waals surface area (Å²) in [7, 11) is 1.59. The molecule has 3 amide bonds. The molecular formula is C21H25N3O3. The van der Waals surface area contributed by atoms with Crippen molar-refractivity contribution in [2.75, 3.05) is 26.7 Å². The second kappa shape index (κ2) is 6.85. The largest absolute Gasteiger partial charge is 0.464 e. The van der Waals surface area contributed by atoms with E-state index in [-0.39, 0.29) is 11.9 Å². The van der Waals surface area contributed by atoms with Crippen LogP contribution in [0.15, 0.2) is 47.1 Å². The maximum atomic E-state index is 12.8. The second-order valence-electron chi connectivity index (χ2n) is 7.33. The molecule has 2 aromatic rings. The number of carbonyl (C=O) groups is 2. The Morgan fingerprint density at radius 2 is 1.81 bits per heavy atom. The summed E-state index contributed by atoms with van der Waals surface area (Å²) in [5.41, 5.74) is 1.66. The van der Waals surface area contributed by atoms with Gasteiger partial charge in [-0.15, -0.1) is 0 Å². The fraction of sp³-hybridized carbons (Fsp3) is 0.429. The Bertz CT molecular complexity index is 838. The molecule has 2 fully saturated rings. The number of nitrogens with zero attached hydrogens (tertiary/aromatic N) is 3. The quantitative estimate of drug-likeness (QED) is 0.779. The number of furan rings is 1. The lowest BCUT2D eigenvalue weighted by molar-refractivity contribution is -0.134. The minimum Gasteiger partial charge on any atom is -0.464 e. The first-order valence-electron chi connectivity index (χ1n) is 9.51. The van der Waals surface area contributed by atoms with E-state index in [1.807, 2.05) is 31.2 Å². The summed E-state index contributed by atoms with van der Waals surface area (Å²) in [5.74, 6) is 0.819. The molecule has 0 aliphatic carbocycles. The Kier molecular flexibility index (Phi) is 4.52. The first-order valence-corrected chi connectivity index (χ1v) is 9.51. The van der Waals surface area contributed by atoms with Gasteiger partial charge in [-0.3, -0.25) is 14.6 Å². The number of piperidine rings is 1. The van der Waals surface area contributed by atoms with E-state index in [1.54, 1.807) is 18.2 Å². The van der Waals surface area contributed by atoms with Crippen molar-refractivity contribution >= 4 is 11.9 Å². The molecule has 1 aromatic heterocycles. The first-order chi connectivity index (χ1) is 13.1. The number of likely N-dealkylation sites (N-methyl/N-ethyl adjacent to an activating group) is 2. The third-order valence-electron chi connectivity index (χ3n) is 5.93. The van der Waals surface area contributed by atoms with E-state index in [4.69, 9.17) is 4.42 Å². The molecule has 6 heteroatoms. The summed E-state index contributed by atoms with van der Waals surface area (Å²) in [6, 6.07) is 12.0. The van der Waals surface area contributed by atoms with Crippen molar-refractivity contribution in [3.63, 3.8) is 0 Å². The van der Waals surface area contributed by atoms with Crippen LogP contribution >= 0.6 is 0 Å². The molecule has 0 saturated carbocycles. The maximum Gasteiger partial charge on any atom is 0.327 e. The maximum absolute atomic E-state index is 12.8. The SMILES string of the molecule is CCN1C(=O)N(C)C(=O)C12CCN(Cc1ccccc1-c1ccco1)CC2. The van der Waals surface area contributed by atoms with Crippen LogP contribution in [-0.2, 0) is 11.3 Å². The van der Waals surface area contributed by atoms with E-state index in [0.717, 1.165) is 31.0 Å². The molecule has 0 unspecified atom stereocenters. The number of amides is 3. The molecule has 0 N–H and O–H groups in total. The lowest BCUT2D eigenvalue weighted by Gasteiger charge is -2.42. The van der Waals surface area contributed by atoms with Gasteiger partial charge in [-0.25, -0.2) is 4.79 Å². The average molecular weight is 367 g/mol. The Labute approximate surface area is 159 Å². The number of imide groups is 1. The first kappa shape index (κ1) is 17.8. The van der Waals surface area contributed by atoms with Crippen molar-refractivity contribution in [2.24, 2.45) is 0 Å². The third-order valence-corrected chi connectivity index (χ3v) is 5.93. The van der Waals surface area contributed by atoms with Crippen LogP contribution in [0.1, 0.15) is 25.3 Å². The molecule has 0 bridgehead atoms. The van der Waals surface area contributed by atoms with Gasteiger partial charge in [0.05, 0.1) is 6.26 Å². The number of likely N-dealkylation sites (tertiary alicyclic amines) is 1. The molecule has 0 radical (unpaired) electrons. The van der Waals surface area contributed by atoms with Gasteiger partial charge in [-0.2, -0.15) is 0 Å². The predicted octanol–water partition coefficient (Wildman–Crippen LogP) is 3.20. The van der Waals surface area contributed by atoms with Gasteiger partial charge in [-0.1, -0.05) is 24.3 Å². The molecule has 1 spiro atoms. The van der Waals surface area contributed by atoms with Gasteiger partial charge in [0, 0.05) is 38.8 Å². The van der Waals surface area contributed by atoms with E-state index < -0.39 is 5.54 Å². The molecular weight excluding hydrogens is 342 g/mol. The second-order valence-corrected chi connectivity index (χ2v) is 7.33. The van der Waals surface area contributed by atoms with E-state index in [0.29, 0.717) is 19.4 Å². The Morgan fingerprint density at radius 1 is 1.07 bits per heavy atom. The highest BCUT2D eigenvalue weighted by Crippen LogP contribution is 2.37. The summed E-state index contributed by atoms with van der Waals surface area (Å²) in [4.78, 5) is 30.5. The highest BCUT2D eigenvalue weighted by Gasteiger charge is 2.56. The van der Waals surface area contributed by atoms with Crippen molar-refractivity contribution in [1.29, 1.82) is 0 Å². The van der Waals surface area contributed by atoms with Crippen molar-refractivity contribution in [2.45, 2.75) is 31.8 Å². The molecule has 142 valence electrons. The summed E-state index contributed by atoms with van der Waals surface area (Å²) in [5, 5.41) is 0. The number of urea groups is 1. The minimum atomic E-state index is -0.655.